The van der Waals surface area contributed by atoms with Crippen LogP contribution in [0.15, 0.2) is 51.1 Å². The number of furan rings is 1. The smallest absolute Gasteiger partial charge is 0.338 e. The van der Waals surface area contributed by atoms with Crippen molar-refractivity contribution in [2.45, 2.75) is 19.9 Å². The number of hydrogen-bond acceptors (Lipinski definition) is 10. The summed E-state index contributed by atoms with van der Waals surface area (Å²) < 4.78 is 27.3. The van der Waals surface area contributed by atoms with E-state index in [1.807, 2.05) is 6.07 Å². The van der Waals surface area contributed by atoms with Crippen LogP contribution in [0.4, 0.5) is 10.7 Å². The van der Waals surface area contributed by atoms with E-state index in [0.717, 1.165) is 13.1 Å². The fraction of sp³-hybridized carbons (Fsp3) is 0.385. The van der Waals surface area contributed by atoms with Crippen molar-refractivity contribution in [3.63, 3.8) is 0 Å². The van der Waals surface area contributed by atoms with Crippen molar-refractivity contribution in [1.82, 2.24) is 16.1 Å². The van der Waals surface area contributed by atoms with Crippen molar-refractivity contribution in [3.8, 4) is 11.5 Å². The first-order valence-electron chi connectivity index (χ1n) is 12.4. The molecule has 0 bridgehead atoms. The van der Waals surface area contributed by atoms with Crippen molar-refractivity contribution in [1.29, 1.82) is 0 Å². The number of urea groups is 1. The molecule has 0 unspecified atom stereocenters. The van der Waals surface area contributed by atoms with Crippen LogP contribution in [0.2, 0.25) is 0 Å². The minimum Gasteiger partial charge on any atom is -0.493 e. The van der Waals surface area contributed by atoms with E-state index in [9.17, 15) is 14.4 Å². The lowest BCUT2D eigenvalue weighted by atomic mass is 9.95. The molecule has 0 saturated carbocycles. The Morgan fingerprint density at radius 1 is 1.21 bits per heavy atom. The minimum atomic E-state index is -0.760. The number of ether oxygens (including phenoxy) is 4. The molecule has 39 heavy (non-hydrogen) atoms. The summed E-state index contributed by atoms with van der Waals surface area (Å²) in [7, 11) is 1.44. The molecule has 1 aromatic heterocycles. The maximum atomic E-state index is 12.6. The third-order valence-electron chi connectivity index (χ3n) is 5.96. The summed E-state index contributed by atoms with van der Waals surface area (Å²) in [5, 5.41) is 9.23. The molecule has 3 heterocycles. The third kappa shape index (κ3) is 6.87. The molecule has 1 saturated heterocycles. The van der Waals surface area contributed by atoms with Crippen LogP contribution in [0.3, 0.4) is 0 Å². The fourth-order valence-electron chi connectivity index (χ4n) is 4.12. The number of amides is 3. The van der Waals surface area contributed by atoms with Gasteiger partial charge in [-0.15, -0.1) is 0 Å². The van der Waals surface area contributed by atoms with Gasteiger partial charge in [-0.1, -0.05) is 6.07 Å². The highest BCUT2D eigenvalue weighted by molar-refractivity contribution is 5.95. The summed E-state index contributed by atoms with van der Waals surface area (Å²) in [6.45, 7) is 5.98. The maximum Gasteiger partial charge on any atom is 0.338 e. The molecular formula is C26H31N5O8. The van der Waals surface area contributed by atoms with Crippen molar-refractivity contribution in [2.24, 2.45) is 5.10 Å². The highest BCUT2D eigenvalue weighted by Crippen LogP contribution is 2.34. The van der Waals surface area contributed by atoms with E-state index in [-0.39, 0.29) is 18.8 Å². The Labute approximate surface area is 225 Å². The van der Waals surface area contributed by atoms with Gasteiger partial charge in [0.1, 0.15) is 5.76 Å². The monoisotopic (exact) mass is 541 g/mol. The molecule has 1 fully saturated rings. The molecule has 0 aliphatic carbocycles. The number of hydrazone groups is 1. The largest absolute Gasteiger partial charge is 0.493 e. The summed E-state index contributed by atoms with van der Waals surface area (Å²) >= 11 is 0. The van der Waals surface area contributed by atoms with Gasteiger partial charge < -0.3 is 38.9 Å². The van der Waals surface area contributed by atoms with Gasteiger partial charge in [0.05, 0.1) is 44.8 Å². The average molecular weight is 542 g/mol. The first-order chi connectivity index (χ1) is 18.9. The highest BCUT2D eigenvalue weighted by Gasteiger charge is 2.32. The van der Waals surface area contributed by atoms with Crippen LogP contribution in [0.1, 0.15) is 31.2 Å². The number of carbonyl (C=O) groups is 3. The van der Waals surface area contributed by atoms with Crippen LogP contribution in [-0.4, -0.2) is 70.7 Å². The molecule has 3 amide bonds. The standard InChI is InChI=1S/C26H31N5O8/c1-4-37-25(33)23-16(2)28-26(34)29-24(23)17-5-7-19(20(13-17)35-3)38-15-21(32)30-27-14-18-6-8-22(39-18)31-9-11-36-12-10-31/h5-8,13-14,24H,4,9-12,15H2,1-3H3,(H,30,32)(H2,28,29,34)/b27-14-/t24-/m1/s1. The van der Waals surface area contributed by atoms with Crippen LogP contribution >= 0.6 is 0 Å². The van der Waals surface area contributed by atoms with Gasteiger partial charge in [-0.25, -0.2) is 15.0 Å². The predicted molar refractivity (Wildman–Crippen MR) is 140 cm³/mol. The van der Waals surface area contributed by atoms with E-state index in [4.69, 9.17) is 23.4 Å². The second kappa shape index (κ2) is 12.8. The summed E-state index contributed by atoms with van der Waals surface area (Å²) in [6.07, 6.45) is 1.40. The average Bonchev–Trinajstić information content (AvgIpc) is 3.41. The van der Waals surface area contributed by atoms with Gasteiger partial charge in [-0.3, -0.25) is 4.79 Å². The summed E-state index contributed by atoms with van der Waals surface area (Å²) in [4.78, 5) is 39.0. The Kier molecular flexibility index (Phi) is 9.05. The molecular weight excluding hydrogens is 510 g/mol. The molecule has 2 aliphatic heterocycles. The summed E-state index contributed by atoms with van der Waals surface area (Å²) in [5.74, 6) is 0.770. The van der Waals surface area contributed by atoms with Crippen LogP contribution in [0.5, 0.6) is 11.5 Å². The lowest BCUT2D eigenvalue weighted by Gasteiger charge is -2.28. The first-order valence-corrected chi connectivity index (χ1v) is 12.4. The fourth-order valence-corrected chi connectivity index (χ4v) is 4.12. The van der Waals surface area contributed by atoms with Crippen LogP contribution in [0.25, 0.3) is 0 Å². The highest BCUT2D eigenvalue weighted by atomic mass is 16.5. The molecule has 0 radical (unpaired) electrons. The Morgan fingerprint density at radius 3 is 2.74 bits per heavy atom. The Morgan fingerprint density at radius 2 is 2.00 bits per heavy atom. The molecule has 1 atom stereocenters. The zero-order valence-corrected chi connectivity index (χ0v) is 21.9. The number of methoxy groups -OCH3 is 1. The third-order valence-corrected chi connectivity index (χ3v) is 5.96. The number of nitrogens with one attached hydrogen (secondary N) is 3. The van der Waals surface area contributed by atoms with E-state index in [1.165, 1.54) is 13.3 Å². The Balaban J connectivity index is 1.36. The number of anilines is 1. The molecule has 2 aliphatic rings. The van der Waals surface area contributed by atoms with E-state index in [1.54, 1.807) is 38.1 Å². The van der Waals surface area contributed by atoms with Gasteiger partial charge >= 0.3 is 12.0 Å². The van der Waals surface area contributed by atoms with Gasteiger partial charge in [-0.05, 0) is 37.6 Å². The zero-order chi connectivity index (χ0) is 27.8. The van der Waals surface area contributed by atoms with Crippen molar-refractivity contribution < 1.29 is 37.7 Å². The van der Waals surface area contributed by atoms with Crippen LogP contribution in [-0.2, 0) is 19.1 Å². The second-order valence-electron chi connectivity index (χ2n) is 8.56. The topological polar surface area (TPSA) is 153 Å². The number of rotatable bonds is 10. The number of morpholine rings is 1. The number of carbonyl (C=O) groups excluding carboxylic acids is 3. The Hall–Kier alpha value is -4.52. The normalized spacial score (nSPS) is 17.5. The van der Waals surface area contributed by atoms with Gasteiger partial charge in [0.25, 0.3) is 5.91 Å². The number of esters is 1. The lowest BCUT2D eigenvalue weighted by Crippen LogP contribution is -2.45. The molecule has 4 rings (SSSR count). The van der Waals surface area contributed by atoms with Gasteiger partial charge in [0.2, 0.25) is 0 Å². The Bertz CT molecular complexity index is 1260. The van der Waals surface area contributed by atoms with E-state index < -0.39 is 23.9 Å². The van der Waals surface area contributed by atoms with Crippen molar-refractivity contribution in [3.05, 3.63) is 52.9 Å². The van der Waals surface area contributed by atoms with Crippen molar-refractivity contribution >= 4 is 30.0 Å². The number of nitrogens with zero attached hydrogens (tertiary/aromatic N) is 2. The van der Waals surface area contributed by atoms with Gasteiger partial charge in [-0.2, -0.15) is 5.10 Å². The SMILES string of the molecule is CCOC(=O)C1=C(C)NC(=O)N[C@@H]1c1ccc(OCC(=O)N/N=C\c2ccc(N3CCOCC3)o2)c(OC)c1. The molecule has 3 N–H and O–H groups in total. The molecule has 1 aromatic carbocycles. The van der Waals surface area contributed by atoms with Crippen LogP contribution < -0.4 is 30.4 Å². The van der Waals surface area contributed by atoms with Gasteiger partial charge in [0.15, 0.2) is 24.0 Å². The molecule has 13 nitrogen and oxygen atoms in total. The molecule has 2 aromatic rings. The first kappa shape index (κ1) is 27.5. The minimum absolute atomic E-state index is 0.190. The molecule has 13 heteroatoms. The summed E-state index contributed by atoms with van der Waals surface area (Å²) in [5.41, 5.74) is 3.63. The lowest BCUT2D eigenvalue weighted by molar-refractivity contribution is -0.139. The number of allylic oxidation sites excluding steroid dienone is 1. The molecule has 0 spiro atoms. The van der Waals surface area contributed by atoms with Gasteiger partial charge in [0, 0.05) is 24.9 Å². The quantitative estimate of drug-likeness (QED) is 0.232. The second-order valence-corrected chi connectivity index (χ2v) is 8.56. The number of benzene rings is 1. The summed E-state index contributed by atoms with van der Waals surface area (Å²) in [6, 6.07) is 7.27. The van der Waals surface area contributed by atoms with Crippen molar-refractivity contribution in [2.75, 3.05) is 51.5 Å². The number of hydrogen-bond donors (Lipinski definition) is 3. The maximum absolute atomic E-state index is 12.6. The predicted octanol–water partition coefficient (Wildman–Crippen LogP) is 1.84. The zero-order valence-electron chi connectivity index (χ0n) is 21.9. The van der Waals surface area contributed by atoms with E-state index in [0.29, 0.717) is 47.6 Å². The van der Waals surface area contributed by atoms with E-state index in [2.05, 4.69) is 26.1 Å². The van der Waals surface area contributed by atoms with Crippen LogP contribution in [0, 0.1) is 0 Å². The molecule has 208 valence electrons. The van der Waals surface area contributed by atoms with E-state index >= 15 is 0 Å².